The molecule has 0 spiro atoms. The SMILES string of the molecule is O=C(N[C@@H]1CCCC[C@H]1O)c1cc2ccccc2c(Cl)n1. The number of rotatable bonds is 2. The van der Waals surface area contributed by atoms with Crippen LogP contribution < -0.4 is 5.32 Å². The number of carbonyl (C=O) groups excluding carboxylic acids is 1. The Labute approximate surface area is 128 Å². The van der Waals surface area contributed by atoms with Gasteiger partial charge in [-0.25, -0.2) is 4.98 Å². The van der Waals surface area contributed by atoms with Crippen LogP contribution in [0.5, 0.6) is 0 Å². The second-order valence-electron chi connectivity index (χ2n) is 5.45. The smallest absolute Gasteiger partial charge is 0.270 e. The predicted molar refractivity (Wildman–Crippen MR) is 82.5 cm³/mol. The quantitative estimate of drug-likeness (QED) is 0.839. The summed E-state index contributed by atoms with van der Waals surface area (Å²) in [6.45, 7) is 0. The fourth-order valence-corrected chi connectivity index (χ4v) is 3.06. The molecule has 2 atom stereocenters. The van der Waals surface area contributed by atoms with Gasteiger partial charge in [0.25, 0.3) is 5.91 Å². The molecule has 2 aromatic rings. The van der Waals surface area contributed by atoms with Crippen molar-refractivity contribution in [2.75, 3.05) is 0 Å². The van der Waals surface area contributed by atoms with Crippen LogP contribution in [0.4, 0.5) is 0 Å². The Balaban J connectivity index is 1.84. The summed E-state index contributed by atoms with van der Waals surface area (Å²) >= 11 is 6.14. The first-order valence-electron chi connectivity index (χ1n) is 7.19. The number of aliphatic hydroxyl groups excluding tert-OH is 1. The summed E-state index contributed by atoms with van der Waals surface area (Å²) in [6, 6.07) is 9.08. The van der Waals surface area contributed by atoms with E-state index in [1.165, 1.54) is 0 Å². The molecule has 3 rings (SSSR count). The molecule has 110 valence electrons. The van der Waals surface area contributed by atoms with E-state index in [0.29, 0.717) is 5.15 Å². The van der Waals surface area contributed by atoms with Gasteiger partial charge in [0.2, 0.25) is 0 Å². The Morgan fingerprint density at radius 3 is 2.86 bits per heavy atom. The molecule has 1 heterocycles. The minimum Gasteiger partial charge on any atom is -0.391 e. The lowest BCUT2D eigenvalue weighted by atomic mass is 9.92. The van der Waals surface area contributed by atoms with Crippen molar-refractivity contribution in [2.24, 2.45) is 0 Å². The van der Waals surface area contributed by atoms with Crippen molar-refractivity contribution in [3.05, 3.63) is 41.2 Å². The topological polar surface area (TPSA) is 62.2 Å². The van der Waals surface area contributed by atoms with Crippen LogP contribution in [-0.4, -0.2) is 28.1 Å². The van der Waals surface area contributed by atoms with E-state index >= 15 is 0 Å². The van der Waals surface area contributed by atoms with Crippen LogP contribution in [0.15, 0.2) is 30.3 Å². The van der Waals surface area contributed by atoms with E-state index in [-0.39, 0.29) is 17.6 Å². The molecule has 1 aromatic carbocycles. The molecule has 2 N–H and O–H groups in total. The van der Waals surface area contributed by atoms with Gasteiger partial charge < -0.3 is 10.4 Å². The van der Waals surface area contributed by atoms with Crippen molar-refractivity contribution >= 4 is 28.3 Å². The largest absolute Gasteiger partial charge is 0.391 e. The molecule has 1 amide bonds. The van der Waals surface area contributed by atoms with Gasteiger partial charge in [0.1, 0.15) is 10.8 Å². The fraction of sp³-hybridized carbons (Fsp3) is 0.375. The van der Waals surface area contributed by atoms with Crippen LogP contribution >= 0.6 is 11.6 Å². The molecule has 1 aliphatic rings. The molecule has 4 nitrogen and oxygen atoms in total. The molecule has 0 radical (unpaired) electrons. The van der Waals surface area contributed by atoms with Crippen LogP contribution in [0.2, 0.25) is 5.15 Å². The monoisotopic (exact) mass is 304 g/mol. The van der Waals surface area contributed by atoms with E-state index in [9.17, 15) is 9.90 Å². The number of nitrogens with one attached hydrogen (secondary N) is 1. The third kappa shape index (κ3) is 3.01. The first kappa shape index (κ1) is 14.3. The predicted octanol–water partition coefficient (Wildman–Crippen LogP) is 2.92. The first-order chi connectivity index (χ1) is 10.1. The number of hydrogen-bond acceptors (Lipinski definition) is 3. The van der Waals surface area contributed by atoms with E-state index in [0.717, 1.165) is 36.5 Å². The van der Waals surface area contributed by atoms with Crippen molar-refractivity contribution in [3.8, 4) is 0 Å². The maximum absolute atomic E-state index is 12.3. The minimum absolute atomic E-state index is 0.196. The molecule has 0 aliphatic heterocycles. The van der Waals surface area contributed by atoms with E-state index in [4.69, 9.17) is 11.6 Å². The number of pyridine rings is 1. The standard InChI is InChI=1S/C16H17ClN2O2/c17-15-11-6-2-1-5-10(11)9-13(18-15)16(21)19-12-7-3-4-8-14(12)20/h1-2,5-6,9,12,14,20H,3-4,7-8H2,(H,19,21)/t12-,14-/m1/s1. The summed E-state index contributed by atoms with van der Waals surface area (Å²) in [5.74, 6) is -0.284. The lowest BCUT2D eigenvalue weighted by molar-refractivity contribution is 0.0714. The van der Waals surface area contributed by atoms with E-state index in [1.54, 1.807) is 6.07 Å². The number of nitrogens with zero attached hydrogens (tertiary/aromatic N) is 1. The average Bonchev–Trinajstić information content (AvgIpc) is 2.49. The minimum atomic E-state index is -0.473. The third-order valence-electron chi connectivity index (χ3n) is 3.97. The van der Waals surface area contributed by atoms with Gasteiger partial charge in [-0.05, 0) is 24.3 Å². The third-order valence-corrected chi connectivity index (χ3v) is 4.26. The van der Waals surface area contributed by atoms with Gasteiger partial charge in [-0.15, -0.1) is 0 Å². The summed E-state index contributed by atoms with van der Waals surface area (Å²) in [4.78, 5) is 16.5. The van der Waals surface area contributed by atoms with Gasteiger partial charge in [0.05, 0.1) is 12.1 Å². The lowest BCUT2D eigenvalue weighted by Gasteiger charge is -2.28. The number of hydrogen-bond donors (Lipinski definition) is 2. The molecule has 0 bridgehead atoms. The molecule has 1 saturated carbocycles. The zero-order valence-corrected chi connectivity index (χ0v) is 12.3. The Kier molecular flexibility index (Phi) is 4.08. The number of amides is 1. The van der Waals surface area contributed by atoms with Crippen molar-refractivity contribution in [1.29, 1.82) is 0 Å². The van der Waals surface area contributed by atoms with Crippen molar-refractivity contribution in [1.82, 2.24) is 10.3 Å². The number of fused-ring (bicyclic) bond motifs is 1. The van der Waals surface area contributed by atoms with Gasteiger partial charge in [-0.2, -0.15) is 0 Å². The van der Waals surface area contributed by atoms with Gasteiger partial charge in [0.15, 0.2) is 0 Å². The van der Waals surface area contributed by atoms with Gasteiger partial charge in [0, 0.05) is 5.39 Å². The van der Waals surface area contributed by atoms with Crippen LogP contribution in [0.25, 0.3) is 10.8 Å². The van der Waals surface area contributed by atoms with E-state index in [1.807, 2.05) is 24.3 Å². The molecule has 0 saturated heterocycles. The number of halogens is 1. The Bertz CT molecular complexity index is 674. The van der Waals surface area contributed by atoms with Gasteiger partial charge in [-0.3, -0.25) is 4.79 Å². The molecule has 0 unspecified atom stereocenters. The second-order valence-corrected chi connectivity index (χ2v) is 5.81. The molecule has 5 heteroatoms. The van der Waals surface area contributed by atoms with E-state index in [2.05, 4.69) is 10.3 Å². The summed E-state index contributed by atoms with van der Waals surface area (Å²) in [5.41, 5.74) is 0.288. The van der Waals surface area contributed by atoms with Crippen LogP contribution in [0.1, 0.15) is 36.2 Å². The normalized spacial score (nSPS) is 22.2. The average molecular weight is 305 g/mol. The highest BCUT2D eigenvalue weighted by atomic mass is 35.5. The number of aromatic nitrogens is 1. The molecular weight excluding hydrogens is 288 g/mol. The molecule has 1 fully saturated rings. The summed E-state index contributed by atoms with van der Waals surface area (Å²) in [6.07, 6.45) is 3.09. The van der Waals surface area contributed by atoms with Crippen molar-refractivity contribution in [2.45, 2.75) is 37.8 Å². The Hall–Kier alpha value is -1.65. The van der Waals surface area contributed by atoms with E-state index < -0.39 is 6.10 Å². The first-order valence-corrected chi connectivity index (χ1v) is 7.57. The summed E-state index contributed by atoms with van der Waals surface area (Å²) in [5, 5.41) is 14.8. The van der Waals surface area contributed by atoms with Crippen LogP contribution in [0.3, 0.4) is 0 Å². The highest BCUT2D eigenvalue weighted by Gasteiger charge is 2.25. The zero-order valence-electron chi connectivity index (χ0n) is 11.6. The number of benzene rings is 1. The van der Waals surface area contributed by atoms with Gasteiger partial charge >= 0.3 is 0 Å². The molecular formula is C16H17ClN2O2. The zero-order chi connectivity index (χ0) is 14.8. The fourth-order valence-electron chi connectivity index (χ4n) is 2.79. The lowest BCUT2D eigenvalue weighted by Crippen LogP contribution is -2.45. The highest BCUT2D eigenvalue weighted by molar-refractivity contribution is 6.34. The molecule has 1 aromatic heterocycles. The van der Waals surface area contributed by atoms with Crippen LogP contribution in [0, 0.1) is 0 Å². The highest BCUT2D eigenvalue weighted by Crippen LogP contribution is 2.23. The van der Waals surface area contributed by atoms with Crippen molar-refractivity contribution in [3.63, 3.8) is 0 Å². The molecule has 21 heavy (non-hydrogen) atoms. The van der Waals surface area contributed by atoms with Crippen molar-refractivity contribution < 1.29 is 9.90 Å². The summed E-state index contributed by atoms with van der Waals surface area (Å²) < 4.78 is 0. The number of carbonyl (C=O) groups is 1. The Morgan fingerprint density at radius 1 is 1.29 bits per heavy atom. The van der Waals surface area contributed by atoms with Gasteiger partial charge in [-0.1, -0.05) is 48.7 Å². The second kappa shape index (κ2) is 6.00. The Morgan fingerprint density at radius 2 is 2.05 bits per heavy atom. The van der Waals surface area contributed by atoms with Crippen LogP contribution in [-0.2, 0) is 0 Å². The maximum Gasteiger partial charge on any atom is 0.270 e. The number of aliphatic hydroxyl groups is 1. The molecule has 1 aliphatic carbocycles. The summed E-state index contributed by atoms with van der Waals surface area (Å²) in [7, 11) is 0. The maximum atomic E-state index is 12.3.